The molecule has 2 fully saturated rings. The summed E-state index contributed by atoms with van der Waals surface area (Å²) in [7, 11) is -1.33. The van der Waals surface area contributed by atoms with Crippen molar-refractivity contribution >= 4 is 27.3 Å². The van der Waals surface area contributed by atoms with Crippen LogP contribution in [0.4, 0.5) is 5.69 Å². The number of likely N-dealkylation sites (N-methyl/N-ethyl adjacent to an activating group) is 1. The van der Waals surface area contributed by atoms with Gasteiger partial charge in [-0.3, -0.25) is 9.59 Å². The largest absolute Gasteiger partial charge is 0.341 e. The number of rotatable bonds is 4. The Kier molecular flexibility index (Phi) is 4.62. The summed E-state index contributed by atoms with van der Waals surface area (Å²) in [5.41, 5.74) is 1.73. The zero-order valence-electron chi connectivity index (χ0n) is 13.8. The van der Waals surface area contributed by atoms with Gasteiger partial charge in [-0.1, -0.05) is 12.1 Å². The van der Waals surface area contributed by atoms with Crippen LogP contribution < -0.4 is 4.90 Å². The van der Waals surface area contributed by atoms with E-state index in [9.17, 15) is 18.0 Å². The van der Waals surface area contributed by atoms with Crippen LogP contribution in [0.25, 0.3) is 0 Å². The lowest BCUT2D eigenvalue weighted by molar-refractivity contribution is -0.130. The maximum atomic E-state index is 12.4. The second-order valence-corrected chi connectivity index (χ2v) is 8.78. The first-order valence-electron chi connectivity index (χ1n) is 8.21. The normalized spacial score (nSPS) is 22.8. The third-order valence-electron chi connectivity index (χ3n) is 4.83. The molecule has 130 valence electrons. The molecule has 1 unspecified atom stereocenters. The Labute approximate surface area is 142 Å². The number of benzene rings is 1. The van der Waals surface area contributed by atoms with Gasteiger partial charge in [-0.25, -0.2) is 8.42 Å². The molecule has 3 rings (SSSR count). The average molecular weight is 350 g/mol. The van der Waals surface area contributed by atoms with Crippen LogP contribution in [0.1, 0.15) is 24.8 Å². The molecule has 7 heteroatoms. The van der Waals surface area contributed by atoms with Crippen LogP contribution >= 0.6 is 0 Å². The zero-order chi connectivity index (χ0) is 17.3. The van der Waals surface area contributed by atoms with Gasteiger partial charge in [-0.05, 0) is 30.5 Å². The van der Waals surface area contributed by atoms with Crippen LogP contribution in [-0.4, -0.2) is 56.3 Å². The molecule has 0 spiro atoms. The molecule has 2 heterocycles. The lowest BCUT2D eigenvalue weighted by Crippen LogP contribution is -2.38. The molecule has 1 aromatic rings. The minimum atomic E-state index is -3.00. The molecule has 2 aliphatic heterocycles. The topological polar surface area (TPSA) is 74.8 Å². The Morgan fingerprint density at radius 2 is 2.00 bits per heavy atom. The van der Waals surface area contributed by atoms with E-state index in [-0.39, 0.29) is 35.8 Å². The Balaban J connectivity index is 1.61. The highest BCUT2D eigenvalue weighted by atomic mass is 32.2. The number of hydrogen-bond acceptors (Lipinski definition) is 4. The number of amides is 2. The van der Waals surface area contributed by atoms with Gasteiger partial charge in [0.15, 0.2) is 9.84 Å². The highest BCUT2D eigenvalue weighted by Crippen LogP contribution is 2.22. The second kappa shape index (κ2) is 6.55. The van der Waals surface area contributed by atoms with Gasteiger partial charge in [0, 0.05) is 31.7 Å². The van der Waals surface area contributed by atoms with Crippen molar-refractivity contribution < 1.29 is 18.0 Å². The summed E-state index contributed by atoms with van der Waals surface area (Å²) in [6, 6.07) is 7.23. The minimum Gasteiger partial charge on any atom is -0.341 e. The minimum absolute atomic E-state index is 0.0608. The Hall–Kier alpha value is -1.89. The van der Waals surface area contributed by atoms with E-state index in [0.29, 0.717) is 12.8 Å². The van der Waals surface area contributed by atoms with E-state index in [1.807, 2.05) is 24.3 Å². The maximum Gasteiger partial charge on any atom is 0.227 e. The summed E-state index contributed by atoms with van der Waals surface area (Å²) < 4.78 is 23.1. The van der Waals surface area contributed by atoms with Gasteiger partial charge in [0.05, 0.1) is 17.9 Å². The van der Waals surface area contributed by atoms with E-state index in [4.69, 9.17) is 0 Å². The molecule has 0 radical (unpaired) electrons. The molecular formula is C17H22N2O4S. The summed E-state index contributed by atoms with van der Waals surface area (Å²) in [6.45, 7) is 0.746. The smallest absolute Gasteiger partial charge is 0.227 e. The predicted molar refractivity (Wildman–Crippen MR) is 91.6 cm³/mol. The first kappa shape index (κ1) is 17.0. The first-order chi connectivity index (χ1) is 11.4. The highest BCUT2D eigenvalue weighted by Gasteiger charge is 2.32. The van der Waals surface area contributed by atoms with Gasteiger partial charge in [0.2, 0.25) is 11.8 Å². The Morgan fingerprint density at radius 1 is 1.29 bits per heavy atom. The molecule has 24 heavy (non-hydrogen) atoms. The number of carbonyl (C=O) groups is 2. The summed E-state index contributed by atoms with van der Waals surface area (Å²) in [4.78, 5) is 27.4. The SMILES string of the molecule is CN(C(=O)Cc1ccc(N2CCCC2=O)cc1)C1CCS(=O)(=O)C1. The van der Waals surface area contributed by atoms with Crippen LogP contribution in [0.3, 0.4) is 0 Å². The summed E-state index contributed by atoms with van der Waals surface area (Å²) >= 11 is 0. The molecule has 0 aliphatic carbocycles. The van der Waals surface area contributed by atoms with Crippen molar-refractivity contribution in [3.05, 3.63) is 29.8 Å². The van der Waals surface area contributed by atoms with E-state index in [0.717, 1.165) is 24.2 Å². The van der Waals surface area contributed by atoms with Crippen molar-refractivity contribution in [1.82, 2.24) is 4.90 Å². The van der Waals surface area contributed by atoms with Crippen LogP contribution in [-0.2, 0) is 25.8 Å². The highest BCUT2D eigenvalue weighted by molar-refractivity contribution is 7.91. The fraction of sp³-hybridized carbons (Fsp3) is 0.529. The number of carbonyl (C=O) groups excluding carboxylic acids is 2. The summed E-state index contributed by atoms with van der Waals surface area (Å²) in [6.07, 6.45) is 2.23. The zero-order valence-corrected chi connectivity index (χ0v) is 14.6. The summed E-state index contributed by atoms with van der Waals surface area (Å²) in [5, 5.41) is 0. The van der Waals surface area contributed by atoms with E-state index < -0.39 is 9.84 Å². The second-order valence-electron chi connectivity index (χ2n) is 6.55. The number of anilines is 1. The van der Waals surface area contributed by atoms with Gasteiger partial charge in [-0.2, -0.15) is 0 Å². The van der Waals surface area contributed by atoms with Crippen molar-refractivity contribution in [1.29, 1.82) is 0 Å². The van der Waals surface area contributed by atoms with Gasteiger partial charge >= 0.3 is 0 Å². The first-order valence-corrected chi connectivity index (χ1v) is 10.0. The van der Waals surface area contributed by atoms with E-state index >= 15 is 0 Å². The number of hydrogen-bond donors (Lipinski definition) is 0. The molecular weight excluding hydrogens is 328 g/mol. The van der Waals surface area contributed by atoms with Crippen molar-refractivity contribution in [3.63, 3.8) is 0 Å². The van der Waals surface area contributed by atoms with Gasteiger partial charge < -0.3 is 9.80 Å². The molecule has 6 nitrogen and oxygen atoms in total. The van der Waals surface area contributed by atoms with Crippen LogP contribution in [0.15, 0.2) is 24.3 Å². The Morgan fingerprint density at radius 3 is 2.54 bits per heavy atom. The average Bonchev–Trinajstić information content (AvgIpc) is 3.12. The van der Waals surface area contributed by atoms with Crippen molar-refractivity contribution in [2.75, 3.05) is 30.0 Å². The van der Waals surface area contributed by atoms with Crippen LogP contribution in [0.2, 0.25) is 0 Å². The van der Waals surface area contributed by atoms with Gasteiger partial charge in [-0.15, -0.1) is 0 Å². The van der Waals surface area contributed by atoms with Crippen molar-refractivity contribution in [2.45, 2.75) is 31.7 Å². The monoisotopic (exact) mass is 350 g/mol. The molecule has 2 saturated heterocycles. The molecule has 1 atom stereocenters. The molecule has 2 aliphatic rings. The van der Waals surface area contributed by atoms with Crippen molar-refractivity contribution in [2.24, 2.45) is 0 Å². The van der Waals surface area contributed by atoms with Gasteiger partial charge in [0.1, 0.15) is 0 Å². The van der Waals surface area contributed by atoms with E-state index in [1.165, 1.54) is 0 Å². The molecule has 0 saturated carbocycles. The lowest BCUT2D eigenvalue weighted by atomic mass is 10.1. The third-order valence-corrected chi connectivity index (χ3v) is 6.58. The van der Waals surface area contributed by atoms with Crippen molar-refractivity contribution in [3.8, 4) is 0 Å². The molecule has 2 amide bonds. The van der Waals surface area contributed by atoms with Gasteiger partial charge in [0.25, 0.3) is 0 Å². The number of nitrogens with zero attached hydrogens (tertiary/aromatic N) is 2. The quantitative estimate of drug-likeness (QED) is 0.812. The van der Waals surface area contributed by atoms with E-state index in [2.05, 4.69) is 0 Å². The fourth-order valence-electron chi connectivity index (χ4n) is 3.30. The molecule has 1 aromatic carbocycles. The predicted octanol–water partition coefficient (Wildman–Crippen LogP) is 1.00. The standard InChI is InChI=1S/C17H22N2O4S/c1-18(15-8-10-24(22,23)12-15)17(21)11-13-4-6-14(7-5-13)19-9-2-3-16(19)20/h4-7,15H,2-3,8-12H2,1H3. The third kappa shape index (κ3) is 3.61. The molecule has 0 aromatic heterocycles. The maximum absolute atomic E-state index is 12.4. The molecule has 0 N–H and O–H groups in total. The van der Waals surface area contributed by atoms with Crippen LogP contribution in [0.5, 0.6) is 0 Å². The van der Waals surface area contributed by atoms with E-state index in [1.54, 1.807) is 16.8 Å². The summed E-state index contributed by atoms with van der Waals surface area (Å²) in [5.74, 6) is 0.280. The Bertz CT molecular complexity index is 742. The fourth-order valence-corrected chi connectivity index (χ4v) is 5.07. The molecule has 0 bridgehead atoms. The number of sulfone groups is 1. The van der Waals surface area contributed by atoms with Crippen LogP contribution in [0, 0.1) is 0 Å². The lowest BCUT2D eigenvalue weighted by Gasteiger charge is -2.23.